The molecule has 2 aromatic rings. The molecule has 6 heteroatoms. The van der Waals surface area contributed by atoms with Crippen LogP contribution in [0.2, 0.25) is 0 Å². The second-order valence-corrected chi connectivity index (χ2v) is 12.4. The molecule has 0 amide bonds. The van der Waals surface area contributed by atoms with Crippen LogP contribution in [0.3, 0.4) is 0 Å². The number of allylic oxidation sites excluding steroid dienone is 1. The molecule has 1 aromatic carbocycles. The number of Topliss-reactive ketones (excluding diaryl/α,β-unsaturated/α-hetero) is 1. The van der Waals surface area contributed by atoms with Crippen molar-refractivity contribution in [3.8, 4) is 0 Å². The topological polar surface area (TPSA) is 90.3 Å². The van der Waals surface area contributed by atoms with Crippen molar-refractivity contribution in [2.75, 3.05) is 0 Å². The predicted octanol–water partition coefficient (Wildman–Crippen LogP) is 6.05. The van der Waals surface area contributed by atoms with Crippen molar-refractivity contribution >= 4 is 33.3 Å². The third-order valence-corrected chi connectivity index (χ3v) is 8.40. The molecule has 0 saturated heterocycles. The van der Waals surface area contributed by atoms with Crippen molar-refractivity contribution in [2.24, 2.45) is 23.2 Å². The molecule has 1 N–H and O–H groups in total. The Morgan fingerprint density at radius 2 is 1.83 bits per heavy atom. The lowest BCUT2D eigenvalue weighted by molar-refractivity contribution is -0.308. The molecule has 0 bridgehead atoms. The van der Waals surface area contributed by atoms with Gasteiger partial charge in [0, 0.05) is 23.7 Å². The van der Waals surface area contributed by atoms with Crippen LogP contribution in [-0.4, -0.2) is 27.9 Å². The fourth-order valence-electron chi connectivity index (χ4n) is 5.08. The third-order valence-electron chi connectivity index (χ3n) is 7.45. The summed E-state index contributed by atoms with van der Waals surface area (Å²) in [4.78, 5) is 28.7. The van der Waals surface area contributed by atoms with E-state index in [-0.39, 0.29) is 11.7 Å². The summed E-state index contributed by atoms with van der Waals surface area (Å²) in [7, 11) is 0. The summed E-state index contributed by atoms with van der Waals surface area (Å²) in [6.45, 7) is 13.6. The number of aliphatic hydroxyl groups is 1. The van der Waals surface area contributed by atoms with Crippen LogP contribution in [0.1, 0.15) is 89.6 Å². The molecule has 1 heterocycles. The summed E-state index contributed by atoms with van der Waals surface area (Å²) in [6, 6.07) is 6.65. The Morgan fingerprint density at radius 3 is 2.50 bits per heavy atom. The Bertz CT molecular complexity index is 1010. The van der Waals surface area contributed by atoms with E-state index in [0.29, 0.717) is 18.3 Å². The van der Waals surface area contributed by atoms with E-state index in [0.717, 1.165) is 36.2 Å². The molecule has 0 fully saturated rings. The van der Waals surface area contributed by atoms with Gasteiger partial charge in [0.2, 0.25) is 0 Å². The van der Waals surface area contributed by atoms with Crippen LogP contribution >= 0.6 is 11.3 Å². The lowest BCUT2D eigenvalue weighted by Crippen LogP contribution is -2.44. The lowest BCUT2D eigenvalue weighted by Gasteiger charge is -2.33. The van der Waals surface area contributed by atoms with E-state index in [1.165, 1.54) is 29.5 Å². The lowest BCUT2D eigenvalue weighted by atomic mass is 9.72. The molecule has 1 aromatic heterocycles. The van der Waals surface area contributed by atoms with Gasteiger partial charge in [-0.05, 0) is 62.1 Å². The maximum atomic E-state index is 13.2. The Balaban J connectivity index is 1.75. The first-order chi connectivity index (χ1) is 16.9. The van der Waals surface area contributed by atoms with Gasteiger partial charge in [0.15, 0.2) is 0 Å². The minimum absolute atomic E-state index is 0.0950. The number of carboxylic acids is 1. The highest BCUT2D eigenvalue weighted by Crippen LogP contribution is 2.33. The van der Waals surface area contributed by atoms with Crippen molar-refractivity contribution in [2.45, 2.75) is 98.5 Å². The highest BCUT2D eigenvalue weighted by atomic mass is 32.1. The van der Waals surface area contributed by atoms with Crippen LogP contribution in [0.15, 0.2) is 30.9 Å². The zero-order valence-electron chi connectivity index (χ0n) is 22.7. The average molecular weight is 515 g/mol. The summed E-state index contributed by atoms with van der Waals surface area (Å²) < 4.78 is 1.26. The molecule has 36 heavy (non-hydrogen) atoms. The molecule has 0 radical (unpaired) electrons. The first-order valence-electron chi connectivity index (χ1n) is 13.3. The molecule has 0 aliphatic heterocycles. The molecule has 2 rings (SSSR count). The van der Waals surface area contributed by atoms with E-state index >= 15 is 0 Å². The Hall–Kier alpha value is -2.05. The van der Waals surface area contributed by atoms with Crippen LogP contribution in [0.25, 0.3) is 10.2 Å². The summed E-state index contributed by atoms with van der Waals surface area (Å²) in [5, 5.41) is 22.3. The summed E-state index contributed by atoms with van der Waals surface area (Å²) in [6.07, 6.45) is 8.00. The van der Waals surface area contributed by atoms with Gasteiger partial charge in [-0.25, -0.2) is 4.98 Å². The van der Waals surface area contributed by atoms with Crippen LogP contribution < -0.4 is 5.11 Å². The molecule has 0 saturated carbocycles. The minimum Gasteiger partial charge on any atom is -0.550 e. The zero-order chi connectivity index (χ0) is 26.9. The number of thiazole rings is 1. The van der Waals surface area contributed by atoms with Crippen molar-refractivity contribution in [1.29, 1.82) is 0 Å². The largest absolute Gasteiger partial charge is 0.550 e. The molecule has 0 spiro atoms. The van der Waals surface area contributed by atoms with E-state index in [1.807, 2.05) is 0 Å². The van der Waals surface area contributed by atoms with Gasteiger partial charge < -0.3 is 15.0 Å². The van der Waals surface area contributed by atoms with Gasteiger partial charge in [0.25, 0.3) is 0 Å². The zero-order valence-corrected chi connectivity index (χ0v) is 23.5. The first kappa shape index (κ1) is 30.2. The van der Waals surface area contributed by atoms with E-state index in [1.54, 1.807) is 31.3 Å². The SMILES string of the molecule is C=CC[C@H](C[C@@H](C)CCCC(C)CCCc1ccc2sc(C)nc2c1)C(=O)C(C)(C)[C@@H](O)CC(=O)[O-]. The molecular formula is C30H44NO4S-. The number of carboxylic acid groups (broad SMARTS) is 1. The Labute approximate surface area is 221 Å². The number of fused-ring (bicyclic) bond motifs is 1. The molecule has 200 valence electrons. The number of carbonyl (C=O) groups is 2. The number of aromatic nitrogens is 1. The van der Waals surface area contributed by atoms with E-state index in [4.69, 9.17) is 0 Å². The fourth-order valence-corrected chi connectivity index (χ4v) is 5.88. The first-order valence-corrected chi connectivity index (χ1v) is 14.1. The van der Waals surface area contributed by atoms with Crippen LogP contribution in [-0.2, 0) is 16.0 Å². The minimum atomic E-state index is -1.35. The number of aryl methyl sites for hydroxylation is 2. The van der Waals surface area contributed by atoms with Gasteiger partial charge in [-0.3, -0.25) is 4.79 Å². The summed E-state index contributed by atoms with van der Waals surface area (Å²) in [5.41, 5.74) is 1.34. The second-order valence-electron chi connectivity index (χ2n) is 11.2. The summed E-state index contributed by atoms with van der Waals surface area (Å²) >= 11 is 1.74. The predicted molar refractivity (Wildman–Crippen MR) is 147 cm³/mol. The molecule has 4 atom stereocenters. The van der Waals surface area contributed by atoms with Crippen molar-refractivity contribution in [1.82, 2.24) is 4.98 Å². The maximum absolute atomic E-state index is 13.2. The van der Waals surface area contributed by atoms with E-state index in [9.17, 15) is 19.8 Å². The molecular weight excluding hydrogens is 470 g/mol. The number of hydrogen-bond acceptors (Lipinski definition) is 6. The maximum Gasteiger partial charge on any atom is 0.144 e. The monoisotopic (exact) mass is 514 g/mol. The third kappa shape index (κ3) is 9.11. The second kappa shape index (κ2) is 14.0. The number of nitrogens with zero attached hydrogens (tertiary/aromatic N) is 1. The standard InChI is InChI=1S/C30H45NO4S/c1-7-10-24(29(35)30(5,6)27(32)19-28(33)34)17-21(3)13-8-11-20(2)12-9-14-23-15-16-26-25(18-23)31-22(4)36-26/h7,15-16,18,20-21,24,27,32H,1,8-14,17,19H2,2-6H3,(H,33,34)/p-1/t20?,21-,24+,27-/m0/s1. The van der Waals surface area contributed by atoms with Crippen molar-refractivity contribution in [3.05, 3.63) is 41.4 Å². The molecule has 0 aliphatic rings. The molecule has 5 nitrogen and oxygen atoms in total. The van der Waals surface area contributed by atoms with Crippen molar-refractivity contribution < 1.29 is 19.8 Å². The van der Waals surface area contributed by atoms with Gasteiger partial charge in [0.05, 0.1) is 21.3 Å². The normalized spacial score (nSPS) is 15.4. The van der Waals surface area contributed by atoms with Gasteiger partial charge >= 0.3 is 0 Å². The highest BCUT2D eigenvalue weighted by Gasteiger charge is 2.39. The van der Waals surface area contributed by atoms with E-state index in [2.05, 4.69) is 50.5 Å². The summed E-state index contributed by atoms with van der Waals surface area (Å²) in [5.74, 6) is -0.676. The van der Waals surface area contributed by atoms with Crippen LogP contribution in [0.5, 0.6) is 0 Å². The Kier molecular flexibility index (Phi) is 11.8. The molecule has 0 aliphatic carbocycles. The number of rotatable bonds is 17. The van der Waals surface area contributed by atoms with Gasteiger partial charge in [-0.15, -0.1) is 17.9 Å². The average Bonchev–Trinajstić information content (AvgIpc) is 3.17. The highest BCUT2D eigenvalue weighted by molar-refractivity contribution is 7.18. The fraction of sp³-hybridized carbons (Fsp3) is 0.633. The van der Waals surface area contributed by atoms with Crippen LogP contribution in [0, 0.1) is 30.1 Å². The number of benzene rings is 1. The van der Waals surface area contributed by atoms with E-state index < -0.39 is 23.9 Å². The number of carbonyl (C=O) groups excluding carboxylic acids is 2. The number of aliphatic carboxylic acids is 1. The quantitative estimate of drug-likeness (QED) is 0.260. The molecule has 1 unspecified atom stereocenters. The Morgan fingerprint density at radius 1 is 1.17 bits per heavy atom. The van der Waals surface area contributed by atoms with Crippen LogP contribution in [0.4, 0.5) is 0 Å². The van der Waals surface area contributed by atoms with Gasteiger partial charge in [-0.1, -0.05) is 65.5 Å². The number of ketones is 1. The van der Waals surface area contributed by atoms with Gasteiger partial charge in [-0.2, -0.15) is 0 Å². The van der Waals surface area contributed by atoms with Crippen molar-refractivity contribution in [3.63, 3.8) is 0 Å². The number of hydrogen-bond donors (Lipinski definition) is 1. The number of aliphatic hydroxyl groups excluding tert-OH is 1. The smallest absolute Gasteiger partial charge is 0.144 e. The van der Waals surface area contributed by atoms with Gasteiger partial charge in [0.1, 0.15) is 5.78 Å².